The van der Waals surface area contributed by atoms with Gasteiger partial charge in [-0.05, 0) is 12.6 Å². The molecule has 5 heteroatoms. The molecule has 1 aromatic heterocycles. The second-order valence-corrected chi connectivity index (χ2v) is 5.22. The lowest BCUT2D eigenvalue weighted by molar-refractivity contribution is 0.268. The Morgan fingerprint density at radius 1 is 1.14 bits per heavy atom. The SMILES string of the molecule is CN1CCN(c2nccnc2C#N)C(c2ccccc2)C1. The standard InChI is InChI=1S/C16H17N5/c1-20-9-10-21(16-14(11-17)18-7-8-19-16)15(12-20)13-5-3-2-4-6-13/h2-8,15H,9-10,12H2,1H3. The van der Waals surface area contributed by atoms with E-state index in [0.29, 0.717) is 11.5 Å². The quantitative estimate of drug-likeness (QED) is 0.839. The van der Waals surface area contributed by atoms with Crippen LogP contribution >= 0.6 is 0 Å². The zero-order valence-corrected chi connectivity index (χ0v) is 12.0. The summed E-state index contributed by atoms with van der Waals surface area (Å²) >= 11 is 0. The number of hydrogen-bond acceptors (Lipinski definition) is 5. The Morgan fingerprint density at radius 3 is 2.67 bits per heavy atom. The highest BCUT2D eigenvalue weighted by atomic mass is 15.3. The van der Waals surface area contributed by atoms with Crippen LogP contribution in [0.4, 0.5) is 5.82 Å². The molecule has 0 N–H and O–H groups in total. The van der Waals surface area contributed by atoms with Crippen LogP contribution < -0.4 is 4.90 Å². The molecule has 1 aliphatic heterocycles. The molecule has 0 bridgehead atoms. The maximum absolute atomic E-state index is 9.27. The Balaban J connectivity index is 2.01. The van der Waals surface area contributed by atoms with Crippen molar-refractivity contribution in [3.05, 3.63) is 54.0 Å². The van der Waals surface area contributed by atoms with Gasteiger partial charge in [-0.1, -0.05) is 30.3 Å². The summed E-state index contributed by atoms with van der Waals surface area (Å²) in [6.07, 6.45) is 3.21. The molecule has 1 atom stereocenters. The van der Waals surface area contributed by atoms with E-state index in [4.69, 9.17) is 0 Å². The third kappa shape index (κ3) is 2.71. The number of piperazine rings is 1. The fraction of sp³-hybridized carbons (Fsp3) is 0.312. The summed E-state index contributed by atoms with van der Waals surface area (Å²) < 4.78 is 0. The molecule has 0 saturated carbocycles. The second kappa shape index (κ2) is 5.90. The summed E-state index contributed by atoms with van der Waals surface area (Å²) in [4.78, 5) is 13.0. The number of nitrogens with zero attached hydrogens (tertiary/aromatic N) is 5. The fourth-order valence-electron chi connectivity index (χ4n) is 2.75. The summed E-state index contributed by atoms with van der Waals surface area (Å²) in [5.74, 6) is 0.682. The first-order valence-electron chi connectivity index (χ1n) is 7.01. The van der Waals surface area contributed by atoms with Crippen molar-refractivity contribution in [2.45, 2.75) is 6.04 Å². The van der Waals surface area contributed by atoms with Gasteiger partial charge in [0.05, 0.1) is 6.04 Å². The van der Waals surface area contributed by atoms with E-state index in [-0.39, 0.29) is 6.04 Å². The van der Waals surface area contributed by atoms with Gasteiger partial charge in [0.15, 0.2) is 11.5 Å². The number of anilines is 1. The van der Waals surface area contributed by atoms with Gasteiger partial charge < -0.3 is 9.80 Å². The number of likely N-dealkylation sites (N-methyl/N-ethyl adjacent to an activating group) is 1. The van der Waals surface area contributed by atoms with Gasteiger partial charge in [-0.3, -0.25) is 0 Å². The van der Waals surface area contributed by atoms with Crippen LogP contribution in [0.3, 0.4) is 0 Å². The minimum atomic E-state index is 0.189. The lowest BCUT2D eigenvalue weighted by atomic mass is 10.0. The Kier molecular flexibility index (Phi) is 3.80. The number of nitriles is 1. The van der Waals surface area contributed by atoms with Gasteiger partial charge in [0.2, 0.25) is 0 Å². The normalized spacial score (nSPS) is 19.2. The Hall–Kier alpha value is -2.45. The van der Waals surface area contributed by atoms with E-state index in [1.807, 2.05) is 18.2 Å². The van der Waals surface area contributed by atoms with Crippen LogP contribution in [0.25, 0.3) is 0 Å². The first-order valence-corrected chi connectivity index (χ1v) is 7.01. The van der Waals surface area contributed by atoms with Crippen molar-refractivity contribution in [3.8, 4) is 6.07 Å². The maximum atomic E-state index is 9.27. The Morgan fingerprint density at radius 2 is 1.90 bits per heavy atom. The lowest BCUT2D eigenvalue weighted by Crippen LogP contribution is -2.47. The molecular formula is C16H17N5. The molecule has 0 radical (unpaired) electrons. The summed E-state index contributed by atoms with van der Waals surface area (Å²) in [5.41, 5.74) is 1.63. The van der Waals surface area contributed by atoms with E-state index >= 15 is 0 Å². The summed E-state index contributed by atoms with van der Waals surface area (Å²) in [7, 11) is 2.12. The van der Waals surface area contributed by atoms with Crippen LogP contribution in [0.2, 0.25) is 0 Å². The van der Waals surface area contributed by atoms with Gasteiger partial charge in [-0.2, -0.15) is 5.26 Å². The highest BCUT2D eigenvalue weighted by molar-refractivity contribution is 5.52. The van der Waals surface area contributed by atoms with E-state index in [0.717, 1.165) is 19.6 Å². The predicted molar refractivity (Wildman–Crippen MR) is 80.8 cm³/mol. The van der Waals surface area contributed by atoms with E-state index < -0.39 is 0 Å². The Bertz CT molecular complexity index is 649. The lowest BCUT2D eigenvalue weighted by Gasteiger charge is -2.41. The summed E-state index contributed by atoms with van der Waals surface area (Å²) in [6.45, 7) is 2.69. The molecule has 0 aliphatic carbocycles. The van der Waals surface area contributed by atoms with Gasteiger partial charge in [0.1, 0.15) is 6.07 Å². The van der Waals surface area contributed by atoms with Crippen molar-refractivity contribution in [1.82, 2.24) is 14.9 Å². The zero-order chi connectivity index (χ0) is 14.7. The van der Waals surface area contributed by atoms with E-state index in [1.54, 1.807) is 12.4 Å². The van der Waals surface area contributed by atoms with Crippen LogP contribution in [-0.2, 0) is 0 Å². The van der Waals surface area contributed by atoms with E-state index in [9.17, 15) is 5.26 Å². The average Bonchev–Trinajstić information content (AvgIpc) is 2.55. The molecule has 1 unspecified atom stereocenters. The van der Waals surface area contributed by atoms with Gasteiger partial charge in [0, 0.05) is 32.0 Å². The van der Waals surface area contributed by atoms with Crippen LogP contribution in [0.15, 0.2) is 42.7 Å². The molecule has 2 heterocycles. The molecular weight excluding hydrogens is 262 g/mol. The van der Waals surface area contributed by atoms with Crippen LogP contribution in [0.5, 0.6) is 0 Å². The minimum Gasteiger partial charge on any atom is -0.345 e. The van der Waals surface area contributed by atoms with Gasteiger partial charge in [-0.25, -0.2) is 9.97 Å². The summed E-state index contributed by atoms with van der Waals surface area (Å²) in [5, 5.41) is 9.27. The van der Waals surface area contributed by atoms with Crippen molar-refractivity contribution in [2.75, 3.05) is 31.6 Å². The van der Waals surface area contributed by atoms with Crippen molar-refractivity contribution in [2.24, 2.45) is 0 Å². The molecule has 0 amide bonds. The minimum absolute atomic E-state index is 0.189. The fourth-order valence-corrected chi connectivity index (χ4v) is 2.75. The maximum Gasteiger partial charge on any atom is 0.183 e. The smallest absolute Gasteiger partial charge is 0.183 e. The molecule has 2 aromatic rings. The number of hydrogen-bond donors (Lipinski definition) is 0. The summed E-state index contributed by atoms with van der Waals surface area (Å²) in [6, 6.07) is 12.7. The molecule has 106 valence electrons. The number of rotatable bonds is 2. The molecule has 1 saturated heterocycles. The topological polar surface area (TPSA) is 56.1 Å². The van der Waals surface area contributed by atoms with E-state index in [2.05, 4.69) is 45.0 Å². The molecule has 1 aliphatic rings. The largest absolute Gasteiger partial charge is 0.345 e. The van der Waals surface area contributed by atoms with Crippen molar-refractivity contribution >= 4 is 5.82 Å². The Labute approximate surface area is 124 Å². The average molecular weight is 279 g/mol. The first kappa shape index (κ1) is 13.5. The number of aromatic nitrogens is 2. The third-order valence-corrected chi connectivity index (χ3v) is 3.82. The predicted octanol–water partition coefficient (Wildman–Crippen LogP) is 1.84. The zero-order valence-electron chi connectivity index (χ0n) is 12.0. The van der Waals surface area contributed by atoms with Gasteiger partial charge >= 0.3 is 0 Å². The van der Waals surface area contributed by atoms with E-state index in [1.165, 1.54) is 5.56 Å². The van der Waals surface area contributed by atoms with Crippen molar-refractivity contribution in [1.29, 1.82) is 5.26 Å². The highest BCUT2D eigenvalue weighted by Crippen LogP contribution is 2.30. The molecule has 3 rings (SSSR count). The van der Waals surface area contributed by atoms with Gasteiger partial charge in [-0.15, -0.1) is 0 Å². The van der Waals surface area contributed by atoms with Crippen LogP contribution in [0.1, 0.15) is 17.3 Å². The van der Waals surface area contributed by atoms with Crippen LogP contribution in [0, 0.1) is 11.3 Å². The van der Waals surface area contributed by atoms with Gasteiger partial charge in [0.25, 0.3) is 0 Å². The second-order valence-electron chi connectivity index (χ2n) is 5.22. The number of benzene rings is 1. The molecule has 21 heavy (non-hydrogen) atoms. The van der Waals surface area contributed by atoms with Crippen molar-refractivity contribution < 1.29 is 0 Å². The molecule has 5 nitrogen and oxygen atoms in total. The third-order valence-electron chi connectivity index (χ3n) is 3.82. The molecule has 1 aromatic carbocycles. The van der Waals surface area contributed by atoms with Crippen molar-refractivity contribution in [3.63, 3.8) is 0 Å². The molecule has 1 fully saturated rings. The first-order chi connectivity index (χ1) is 10.3. The van der Waals surface area contributed by atoms with Crippen LogP contribution in [-0.4, -0.2) is 41.5 Å². The monoisotopic (exact) mass is 279 g/mol. The highest BCUT2D eigenvalue weighted by Gasteiger charge is 2.29. The molecule has 0 spiro atoms.